The average Bonchev–Trinajstić information content (AvgIpc) is 3.27. The fraction of sp³-hybridized carbons (Fsp3) is 0.600. The van der Waals surface area contributed by atoms with Gasteiger partial charge in [0.1, 0.15) is 5.69 Å². The summed E-state index contributed by atoms with van der Waals surface area (Å²) in [5, 5.41) is 3.28. The van der Waals surface area contributed by atoms with E-state index in [0.717, 1.165) is 18.7 Å². The molecule has 1 aromatic heterocycles. The van der Waals surface area contributed by atoms with Gasteiger partial charge in [-0.05, 0) is 44.2 Å². The topological polar surface area (TPSA) is 45.2 Å². The van der Waals surface area contributed by atoms with Gasteiger partial charge < -0.3 is 10.2 Å². The number of hydrogen-bond donors (Lipinski definition) is 1. The highest BCUT2D eigenvalue weighted by molar-refractivity contribution is 5.93. The van der Waals surface area contributed by atoms with Crippen molar-refractivity contribution < 1.29 is 4.79 Å². The minimum atomic E-state index is 0.0135. The third-order valence-electron chi connectivity index (χ3n) is 3.79. The van der Waals surface area contributed by atoms with Crippen molar-refractivity contribution in [1.29, 1.82) is 0 Å². The monoisotopic (exact) mass is 261 g/mol. The molecule has 4 heteroatoms. The van der Waals surface area contributed by atoms with E-state index in [9.17, 15) is 4.79 Å². The molecule has 104 valence electrons. The maximum atomic E-state index is 12.4. The molecule has 1 aromatic rings. The molecule has 0 bridgehead atoms. The molecule has 0 aliphatic heterocycles. The second-order valence-electron chi connectivity index (χ2n) is 5.35. The number of pyridine rings is 1. The summed E-state index contributed by atoms with van der Waals surface area (Å²) in [6.07, 6.45) is 5.24. The van der Waals surface area contributed by atoms with Crippen molar-refractivity contribution in [3.05, 3.63) is 24.0 Å². The zero-order valence-corrected chi connectivity index (χ0v) is 12.0. The fourth-order valence-electron chi connectivity index (χ4n) is 2.19. The van der Waals surface area contributed by atoms with Crippen LogP contribution in [-0.2, 0) is 0 Å². The highest BCUT2D eigenvalue weighted by Gasteiger charge is 2.33. The average molecular weight is 261 g/mol. The smallest absolute Gasteiger partial charge is 0.272 e. The van der Waals surface area contributed by atoms with Gasteiger partial charge >= 0.3 is 0 Å². The van der Waals surface area contributed by atoms with Crippen LogP contribution in [0, 0.1) is 5.92 Å². The molecule has 1 fully saturated rings. The minimum Gasteiger partial charge on any atom is -0.385 e. The van der Waals surface area contributed by atoms with Crippen molar-refractivity contribution in [2.45, 2.75) is 39.2 Å². The fourth-order valence-corrected chi connectivity index (χ4v) is 2.19. The van der Waals surface area contributed by atoms with Crippen molar-refractivity contribution >= 4 is 11.6 Å². The van der Waals surface area contributed by atoms with E-state index in [1.807, 2.05) is 24.1 Å². The predicted octanol–water partition coefficient (Wildman–Crippen LogP) is 2.77. The Labute approximate surface area is 115 Å². The third kappa shape index (κ3) is 3.46. The molecule has 1 N–H and O–H groups in total. The lowest BCUT2D eigenvalue weighted by molar-refractivity contribution is 0.0721. The van der Waals surface area contributed by atoms with Crippen LogP contribution in [0.15, 0.2) is 18.3 Å². The number of hydrogen-bond acceptors (Lipinski definition) is 3. The Morgan fingerprint density at radius 1 is 1.58 bits per heavy atom. The Balaban J connectivity index is 2.05. The Bertz CT molecular complexity index is 443. The maximum Gasteiger partial charge on any atom is 0.272 e. The molecule has 2 rings (SSSR count). The van der Waals surface area contributed by atoms with E-state index in [4.69, 9.17) is 0 Å². The van der Waals surface area contributed by atoms with Gasteiger partial charge in [0.15, 0.2) is 0 Å². The molecule has 0 aromatic carbocycles. The molecule has 0 spiro atoms. The van der Waals surface area contributed by atoms with Gasteiger partial charge in [0.25, 0.3) is 5.91 Å². The number of carbonyl (C=O) groups excluding carboxylic acids is 1. The van der Waals surface area contributed by atoms with Crippen LogP contribution in [0.1, 0.15) is 43.6 Å². The van der Waals surface area contributed by atoms with Gasteiger partial charge in [-0.2, -0.15) is 0 Å². The second kappa shape index (κ2) is 6.04. The molecule has 1 unspecified atom stereocenters. The number of anilines is 1. The molecule has 0 radical (unpaired) electrons. The van der Waals surface area contributed by atoms with Gasteiger partial charge in [-0.25, -0.2) is 0 Å². The van der Waals surface area contributed by atoms with Crippen molar-refractivity contribution in [2.75, 3.05) is 18.9 Å². The van der Waals surface area contributed by atoms with E-state index in [-0.39, 0.29) is 5.91 Å². The van der Waals surface area contributed by atoms with Crippen LogP contribution >= 0.6 is 0 Å². The Morgan fingerprint density at radius 3 is 2.95 bits per heavy atom. The first-order valence-electron chi connectivity index (χ1n) is 7.10. The van der Waals surface area contributed by atoms with Gasteiger partial charge in [-0.15, -0.1) is 0 Å². The molecule has 1 aliphatic carbocycles. The first-order valence-corrected chi connectivity index (χ1v) is 7.10. The molecule has 0 saturated heterocycles. The zero-order valence-electron chi connectivity index (χ0n) is 12.0. The zero-order chi connectivity index (χ0) is 13.8. The molecule has 19 heavy (non-hydrogen) atoms. The van der Waals surface area contributed by atoms with Crippen LogP contribution in [0.2, 0.25) is 0 Å². The quantitative estimate of drug-likeness (QED) is 0.856. The van der Waals surface area contributed by atoms with Crippen molar-refractivity contribution in [1.82, 2.24) is 9.88 Å². The van der Waals surface area contributed by atoms with E-state index >= 15 is 0 Å². The molecular formula is C15H23N3O. The van der Waals surface area contributed by atoms with E-state index in [0.29, 0.717) is 17.7 Å². The molecule has 1 heterocycles. The Hall–Kier alpha value is -1.58. The lowest BCUT2D eigenvalue weighted by Gasteiger charge is -2.24. The summed E-state index contributed by atoms with van der Waals surface area (Å²) in [7, 11) is 1.87. The highest BCUT2D eigenvalue weighted by atomic mass is 16.2. The number of amides is 1. The van der Waals surface area contributed by atoms with Gasteiger partial charge in [0.05, 0.1) is 0 Å². The van der Waals surface area contributed by atoms with E-state index in [1.165, 1.54) is 12.8 Å². The number of aromatic nitrogens is 1. The van der Waals surface area contributed by atoms with Crippen LogP contribution in [0.5, 0.6) is 0 Å². The van der Waals surface area contributed by atoms with Gasteiger partial charge in [-0.1, -0.05) is 6.92 Å². The molecule has 1 aliphatic rings. The first-order chi connectivity index (χ1) is 9.13. The summed E-state index contributed by atoms with van der Waals surface area (Å²) < 4.78 is 0. The molecular weight excluding hydrogens is 238 g/mol. The third-order valence-corrected chi connectivity index (χ3v) is 3.79. The van der Waals surface area contributed by atoms with Crippen LogP contribution < -0.4 is 5.32 Å². The number of carbonyl (C=O) groups is 1. The summed E-state index contributed by atoms with van der Waals surface area (Å²) in [6, 6.07) is 4.05. The van der Waals surface area contributed by atoms with E-state index < -0.39 is 0 Å². The molecule has 1 saturated carbocycles. The van der Waals surface area contributed by atoms with Crippen LogP contribution in [0.4, 0.5) is 5.69 Å². The maximum absolute atomic E-state index is 12.4. The summed E-state index contributed by atoms with van der Waals surface area (Å²) >= 11 is 0. The normalized spacial score (nSPS) is 15.9. The van der Waals surface area contributed by atoms with Gasteiger partial charge in [0.2, 0.25) is 0 Å². The molecule has 1 atom stereocenters. The summed E-state index contributed by atoms with van der Waals surface area (Å²) in [5.74, 6) is 0.690. The van der Waals surface area contributed by atoms with Crippen molar-refractivity contribution in [3.8, 4) is 0 Å². The number of nitrogens with zero attached hydrogens (tertiary/aromatic N) is 2. The predicted molar refractivity (Wildman–Crippen MR) is 77.3 cm³/mol. The lowest BCUT2D eigenvalue weighted by Crippen LogP contribution is -2.36. The lowest BCUT2D eigenvalue weighted by atomic mass is 10.1. The Morgan fingerprint density at radius 2 is 2.32 bits per heavy atom. The van der Waals surface area contributed by atoms with Crippen molar-refractivity contribution in [3.63, 3.8) is 0 Å². The largest absolute Gasteiger partial charge is 0.385 e. The molecule has 4 nitrogen and oxygen atoms in total. The standard InChI is InChI=1S/C15H23N3O/c1-4-8-16-13-7-9-17-14(10-13)15(19)18(3)11(2)12-5-6-12/h7,9-12H,4-6,8H2,1-3H3,(H,16,17). The number of rotatable bonds is 6. The summed E-state index contributed by atoms with van der Waals surface area (Å²) in [5.41, 5.74) is 1.49. The van der Waals surface area contributed by atoms with Gasteiger partial charge in [0, 0.05) is 31.5 Å². The molecule has 1 amide bonds. The first kappa shape index (κ1) is 13.8. The van der Waals surface area contributed by atoms with Crippen LogP contribution in [0.25, 0.3) is 0 Å². The van der Waals surface area contributed by atoms with Gasteiger partial charge in [-0.3, -0.25) is 9.78 Å². The van der Waals surface area contributed by atoms with Crippen molar-refractivity contribution in [2.24, 2.45) is 5.92 Å². The van der Waals surface area contributed by atoms with Crippen LogP contribution in [0.3, 0.4) is 0 Å². The SMILES string of the molecule is CCCNc1ccnc(C(=O)N(C)C(C)C2CC2)c1. The van der Waals surface area contributed by atoms with E-state index in [1.54, 1.807) is 6.20 Å². The number of nitrogens with one attached hydrogen (secondary N) is 1. The summed E-state index contributed by atoms with van der Waals surface area (Å²) in [6.45, 7) is 5.14. The highest BCUT2D eigenvalue weighted by Crippen LogP contribution is 2.35. The Kier molecular flexibility index (Phi) is 4.40. The second-order valence-corrected chi connectivity index (χ2v) is 5.35. The van der Waals surface area contributed by atoms with Crippen LogP contribution in [-0.4, -0.2) is 35.4 Å². The van der Waals surface area contributed by atoms with E-state index in [2.05, 4.69) is 24.1 Å². The summed E-state index contributed by atoms with van der Waals surface area (Å²) in [4.78, 5) is 18.4. The minimum absolute atomic E-state index is 0.0135.